The van der Waals surface area contributed by atoms with E-state index >= 15 is 0 Å². The maximum absolute atomic E-state index is 11.9. The molecule has 1 atom stereocenters. The summed E-state index contributed by atoms with van der Waals surface area (Å²) in [5.41, 5.74) is 0.598. The summed E-state index contributed by atoms with van der Waals surface area (Å²) in [6.45, 7) is -0.362. The second-order valence-electron chi connectivity index (χ2n) is 4.42. The second-order valence-corrected chi connectivity index (χ2v) is 4.42. The van der Waals surface area contributed by atoms with Crippen LogP contribution in [0.2, 0.25) is 0 Å². The third-order valence-electron chi connectivity index (χ3n) is 2.98. The van der Waals surface area contributed by atoms with E-state index in [2.05, 4.69) is 5.32 Å². The van der Waals surface area contributed by atoms with Gasteiger partial charge in [0.2, 0.25) is 0 Å². The molecule has 0 heterocycles. The van der Waals surface area contributed by atoms with Crippen molar-refractivity contribution in [3.63, 3.8) is 0 Å². The molecule has 1 unspecified atom stereocenters. The lowest BCUT2D eigenvalue weighted by Crippen LogP contribution is -2.44. The summed E-state index contributed by atoms with van der Waals surface area (Å²) in [6, 6.07) is 8.10. The average Bonchev–Trinajstić information content (AvgIpc) is 2.48. The number of carbonyl (C=O) groups is 2. The lowest BCUT2D eigenvalue weighted by atomic mass is 9.99. The topological polar surface area (TPSA) is 110 Å². The maximum atomic E-state index is 11.9. The molecule has 0 aliphatic rings. The zero-order chi connectivity index (χ0) is 15.7. The minimum absolute atomic E-state index is 0.0640. The van der Waals surface area contributed by atoms with Gasteiger partial charge in [-0.1, -0.05) is 30.3 Å². The van der Waals surface area contributed by atoms with Crippen molar-refractivity contribution in [3.8, 4) is 0 Å². The molecule has 0 aliphatic heterocycles. The van der Waals surface area contributed by atoms with Gasteiger partial charge < -0.3 is 25.5 Å². The molecule has 116 valence electrons. The molecule has 1 aromatic carbocycles. The van der Waals surface area contributed by atoms with E-state index in [1.807, 2.05) is 0 Å². The minimum Gasteiger partial charge on any atom is -0.481 e. The Hall–Kier alpha value is -2.12. The zero-order valence-electron chi connectivity index (χ0n) is 11.6. The number of rotatable bonds is 8. The molecule has 2 amide bonds. The molecule has 0 saturated carbocycles. The molecular formula is C14H20N2O5. The number of nitrogens with zero attached hydrogens (tertiary/aromatic N) is 1. The van der Waals surface area contributed by atoms with Crippen LogP contribution in [0.5, 0.6) is 0 Å². The first kappa shape index (κ1) is 16.9. The molecular weight excluding hydrogens is 276 g/mol. The molecule has 0 radical (unpaired) electrons. The van der Waals surface area contributed by atoms with Crippen molar-refractivity contribution in [3.05, 3.63) is 35.9 Å². The second kappa shape index (κ2) is 8.93. The van der Waals surface area contributed by atoms with Gasteiger partial charge in [-0.25, -0.2) is 4.79 Å². The third-order valence-corrected chi connectivity index (χ3v) is 2.98. The summed E-state index contributed by atoms with van der Waals surface area (Å²) < 4.78 is 0. The van der Waals surface area contributed by atoms with E-state index in [-0.39, 0.29) is 32.8 Å². The highest BCUT2D eigenvalue weighted by Crippen LogP contribution is 2.14. The highest BCUT2D eigenvalue weighted by atomic mass is 16.4. The number of amides is 2. The quantitative estimate of drug-likeness (QED) is 0.533. The Morgan fingerprint density at radius 2 is 1.67 bits per heavy atom. The number of hydrogen-bond acceptors (Lipinski definition) is 4. The maximum Gasteiger partial charge on any atom is 0.317 e. The first-order chi connectivity index (χ1) is 10.1. The molecule has 0 saturated heterocycles. The number of urea groups is 1. The summed E-state index contributed by atoms with van der Waals surface area (Å²) in [5, 5.41) is 29.5. The van der Waals surface area contributed by atoms with Crippen LogP contribution in [0.15, 0.2) is 30.3 Å². The van der Waals surface area contributed by atoms with Crippen molar-refractivity contribution in [1.29, 1.82) is 0 Å². The molecule has 0 aromatic heterocycles. The van der Waals surface area contributed by atoms with Gasteiger partial charge in [0.1, 0.15) is 0 Å². The van der Waals surface area contributed by atoms with E-state index in [9.17, 15) is 14.7 Å². The fourth-order valence-electron chi connectivity index (χ4n) is 1.89. The van der Waals surface area contributed by atoms with Crippen molar-refractivity contribution >= 4 is 12.0 Å². The Balaban J connectivity index is 2.65. The van der Waals surface area contributed by atoms with E-state index in [0.29, 0.717) is 5.56 Å². The van der Waals surface area contributed by atoms with Crippen LogP contribution in [0.1, 0.15) is 11.5 Å². The number of carboxylic acid groups (broad SMARTS) is 1. The lowest BCUT2D eigenvalue weighted by molar-refractivity contribution is -0.138. The summed E-state index contributed by atoms with van der Waals surface area (Å²) >= 11 is 0. The van der Waals surface area contributed by atoms with E-state index in [4.69, 9.17) is 10.2 Å². The fourth-order valence-corrected chi connectivity index (χ4v) is 1.89. The number of carboxylic acids is 1. The fraction of sp³-hybridized carbons (Fsp3) is 0.429. The van der Waals surface area contributed by atoms with Gasteiger partial charge in [0.05, 0.1) is 19.1 Å². The Morgan fingerprint density at radius 1 is 1.10 bits per heavy atom. The standard InChI is InChI=1S/C14H20N2O5/c17-8-6-16(7-9-18)14(21)15-10-12(13(19)20)11-4-2-1-3-5-11/h1-5,12,17-18H,6-10H2,(H,15,21)(H,19,20). The Bertz CT molecular complexity index is 446. The number of carbonyl (C=O) groups excluding carboxylic acids is 1. The molecule has 1 aromatic rings. The van der Waals surface area contributed by atoms with Crippen LogP contribution in [0.3, 0.4) is 0 Å². The summed E-state index contributed by atoms with van der Waals surface area (Å²) in [7, 11) is 0. The van der Waals surface area contributed by atoms with Crippen LogP contribution < -0.4 is 5.32 Å². The van der Waals surface area contributed by atoms with Gasteiger partial charge in [-0.2, -0.15) is 0 Å². The zero-order valence-corrected chi connectivity index (χ0v) is 11.6. The number of aliphatic hydroxyl groups excluding tert-OH is 2. The van der Waals surface area contributed by atoms with Crippen molar-refractivity contribution < 1.29 is 24.9 Å². The molecule has 7 heteroatoms. The molecule has 1 rings (SSSR count). The van der Waals surface area contributed by atoms with E-state index < -0.39 is 17.9 Å². The SMILES string of the molecule is O=C(O)C(CNC(=O)N(CCO)CCO)c1ccccc1. The van der Waals surface area contributed by atoms with Crippen LogP contribution >= 0.6 is 0 Å². The van der Waals surface area contributed by atoms with Crippen LogP contribution in [0.25, 0.3) is 0 Å². The first-order valence-corrected chi connectivity index (χ1v) is 6.62. The van der Waals surface area contributed by atoms with Crippen molar-refractivity contribution in [2.45, 2.75) is 5.92 Å². The Labute approximate surface area is 122 Å². The Kier molecular flexibility index (Phi) is 7.20. The molecule has 0 fully saturated rings. The van der Waals surface area contributed by atoms with Gasteiger partial charge in [-0.05, 0) is 5.56 Å². The number of hydrogen-bond donors (Lipinski definition) is 4. The van der Waals surface area contributed by atoms with Crippen LogP contribution in [0, 0.1) is 0 Å². The summed E-state index contributed by atoms with van der Waals surface area (Å²) in [4.78, 5) is 24.4. The van der Waals surface area contributed by atoms with Crippen molar-refractivity contribution in [2.75, 3.05) is 32.8 Å². The molecule has 0 bridgehead atoms. The highest BCUT2D eigenvalue weighted by Gasteiger charge is 2.21. The normalized spacial score (nSPS) is 11.7. The third kappa shape index (κ3) is 5.41. The molecule has 0 aliphatic carbocycles. The van der Waals surface area contributed by atoms with Crippen LogP contribution in [-0.4, -0.2) is 65.1 Å². The number of aliphatic carboxylic acids is 1. The molecule has 7 nitrogen and oxygen atoms in total. The largest absolute Gasteiger partial charge is 0.481 e. The van der Waals surface area contributed by atoms with Gasteiger partial charge in [0.25, 0.3) is 0 Å². The van der Waals surface area contributed by atoms with Gasteiger partial charge in [-0.15, -0.1) is 0 Å². The van der Waals surface area contributed by atoms with Gasteiger partial charge in [0, 0.05) is 19.6 Å². The minimum atomic E-state index is -1.03. The molecule has 21 heavy (non-hydrogen) atoms. The number of aliphatic hydroxyl groups is 2. The molecule has 0 spiro atoms. The van der Waals surface area contributed by atoms with E-state index in [1.54, 1.807) is 30.3 Å². The van der Waals surface area contributed by atoms with Crippen molar-refractivity contribution in [2.24, 2.45) is 0 Å². The highest BCUT2D eigenvalue weighted by molar-refractivity contribution is 5.79. The molecule has 4 N–H and O–H groups in total. The monoisotopic (exact) mass is 296 g/mol. The van der Waals surface area contributed by atoms with E-state index in [1.165, 1.54) is 4.90 Å². The van der Waals surface area contributed by atoms with Crippen LogP contribution in [0.4, 0.5) is 4.79 Å². The van der Waals surface area contributed by atoms with E-state index in [0.717, 1.165) is 0 Å². The van der Waals surface area contributed by atoms with Crippen LogP contribution in [-0.2, 0) is 4.79 Å². The smallest absolute Gasteiger partial charge is 0.317 e. The number of nitrogens with one attached hydrogen (secondary N) is 1. The summed E-state index contributed by atoms with van der Waals surface area (Å²) in [5.74, 6) is -1.88. The lowest BCUT2D eigenvalue weighted by Gasteiger charge is -2.22. The van der Waals surface area contributed by atoms with Gasteiger partial charge in [0.15, 0.2) is 0 Å². The van der Waals surface area contributed by atoms with Gasteiger partial charge in [-0.3, -0.25) is 4.79 Å². The summed E-state index contributed by atoms with van der Waals surface area (Å²) in [6.07, 6.45) is 0. The predicted octanol–water partition coefficient (Wildman–Crippen LogP) is -0.149. The Morgan fingerprint density at radius 3 is 2.14 bits per heavy atom. The number of benzene rings is 1. The predicted molar refractivity (Wildman–Crippen MR) is 76.0 cm³/mol. The van der Waals surface area contributed by atoms with Crippen molar-refractivity contribution in [1.82, 2.24) is 10.2 Å². The first-order valence-electron chi connectivity index (χ1n) is 6.62. The average molecular weight is 296 g/mol. The van der Waals surface area contributed by atoms with Gasteiger partial charge >= 0.3 is 12.0 Å².